The summed E-state index contributed by atoms with van der Waals surface area (Å²) in [4.78, 5) is 27.8. The fourth-order valence-corrected chi connectivity index (χ4v) is 3.38. The number of hydrogen-bond donors (Lipinski definition) is 2. The molecule has 1 fully saturated rings. The Bertz CT molecular complexity index is 846. The third kappa shape index (κ3) is 5.50. The van der Waals surface area contributed by atoms with Crippen molar-refractivity contribution in [3.8, 4) is 0 Å². The first-order valence-electron chi connectivity index (χ1n) is 10.0. The van der Waals surface area contributed by atoms with E-state index < -0.39 is 0 Å². The van der Waals surface area contributed by atoms with Crippen molar-refractivity contribution in [3.05, 3.63) is 54.1 Å². The number of hydrogen-bond acceptors (Lipinski definition) is 3. The van der Waals surface area contributed by atoms with Crippen molar-refractivity contribution in [3.63, 3.8) is 0 Å². The quantitative estimate of drug-likeness (QED) is 0.816. The SMILES string of the molecule is CC(=O)Nc1ccc(N2CCN(C(=O)Nc3ccc(C(C)(C)C)cc3)CC2)cc1. The highest BCUT2D eigenvalue weighted by Crippen LogP contribution is 2.24. The van der Waals surface area contributed by atoms with Crippen molar-refractivity contribution in [2.45, 2.75) is 33.1 Å². The van der Waals surface area contributed by atoms with Crippen LogP contribution in [-0.4, -0.2) is 43.0 Å². The van der Waals surface area contributed by atoms with E-state index in [0.29, 0.717) is 13.1 Å². The normalized spacial score (nSPS) is 14.5. The topological polar surface area (TPSA) is 64.7 Å². The van der Waals surface area contributed by atoms with Crippen LogP contribution in [0.25, 0.3) is 0 Å². The van der Waals surface area contributed by atoms with Crippen LogP contribution in [0.2, 0.25) is 0 Å². The van der Waals surface area contributed by atoms with Gasteiger partial charge in [0.05, 0.1) is 0 Å². The van der Waals surface area contributed by atoms with Crippen LogP contribution in [0.3, 0.4) is 0 Å². The molecule has 6 nitrogen and oxygen atoms in total. The standard InChI is InChI=1S/C23H30N4O2/c1-17(28)24-19-9-11-21(12-10-19)26-13-15-27(16-14-26)22(29)25-20-7-5-18(6-8-20)23(2,3)4/h5-12H,13-16H2,1-4H3,(H,24,28)(H,25,29). The van der Waals surface area contributed by atoms with Crippen molar-refractivity contribution in [2.24, 2.45) is 0 Å². The van der Waals surface area contributed by atoms with Gasteiger partial charge >= 0.3 is 6.03 Å². The maximum Gasteiger partial charge on any atom is 0.321 e. The molecule has 0 bridgehead atoms. The smallest absolute Gasteiger partial charge is 0.321 e. The van der Waals surface area contributed by atoms with Gasteiger partial charge in [-0.3, -0.25) is 4.79 Å². The van der Waals surface area contributed by atoms with E-state index in [1.165, 1.54) is 12.5 Å². The highest BCUT2D eigenvalue weighted by molar-refractivity contribution is 5.90. The van der Waals surface area contributed by atoms with Crippen molar-refractivity contribution >= 4 is 29.0 Å². The van der Waals surface area contributed by atoms with Crippen molar-refractivity contribution < 1.29 is 9.59 Å². The highest BCUT2D eigenvalue weighted by Gasteiger charge is 2.21. The van der Waals surface area contributed by atoms with E-state index in [1.807, 2.05) is 41.3 Å². The minimum absolute atomic E-state index is 0.0610. The fraction of sp³-hybridized carbons (Fsp3) is 0.391. The largest absolute Gasteiger partial charge is 0.368 e. The zero-order valence-corrected chi connectivity index (χ0v) is 17.7. The van der Waals surface area contributed by atoms with Gasteiger partial charge in [-0.2, -0.15) is 0 Å². The number of rotatable bonds is 3. The molecule has 1 heterocycles. The maximum atomic E-state index is 12.6. The van der Waals surface area contributed by atoms with Crippen LogP contribution in [0.4, 0.5) is 21.9 Å². The summed E-state index contributed by atoms with van der Waals surface area (Å²) < 4.78 is 0. The molecule has 1 aliphatic rings. The van der Waals surface area contributed by atoms with Gasteiger partial charge in [-0.05, 0) is 47.4 Å². The summed E-state index contributed by atoms with van der Waals surface area (Å²) in [5, 5.41) is 5.77. The molecule has 6 heteroatoms. The third-order valence-corrected chi connectivity index (χ3v) is 5.12. The third-order valence-electron chi connectivity index (χ3n) is 5.12. The van der Waals surface area contributed by atoms with Gasteiger partial charge in [-0.1, -0.05) is 32.9 Å². The summed E-state index contributed by atoms with van der Waals surface area (Å²) in [7, 11) is 0. The summed E-state index contributed by atoms with van der Waals surface area (Å²) in [6, 6.07) is 15.8. The maximum absolute atomic E-state index is 12.6. The molecule has 3 amide bonds. The second kappa shape index (κ2) is 8.55. The van der Waals surface area contributed by atoms with Crippen molar-refractivity contribution in [2.75, 3.05) is 41.7 Å². The first-order chi connectivity index (χ1) is 13.7. The summed E-state index contributed by atoms with van der Waals surface area (Å²) in [6.07, 6.45) is 0. The van der Waals surface area contributed by atoms with Gasteiger partial charge < -0.3 is 20.4 Å². The molecule has 0 atom stereocenters. The lowest BCUT2D eigenvalue weighted by Gasteiger charge is -2.36. The van der Waals surface area contributed by atoms with Gasteiger partial charge in [-0.25, -0.2) is 4.79 Å². The van der Waals surface area contributed by atoms with Crippen LogP contribution in [-0.2, 0) is 10.2 Å². The summed E-state index contributed by atoms with van der Waals surface area (Å²) in [5.74, 6) is -0.0783. The minimum atomic E-state index is -0.0783. The van der Waals surface area contributed by atoms with Crippen LogP contribution >= 0.6 is 0 Å². The molecule has 0 radical (unpaired) electrons. The van der Waals surface area contributed by atoms with E-state index in [0.717, 1.165) is 30.2 Å². The number of carbonyl (C=O) groups is 2. The molecule has 29 heavy (non-hydrogen) atoms. The Labute approximate surface area is 172 Å². The first kappa shape index (κ1) is 20.7. The van der Waals surface area contributed by atoms with Gasteiger partial charge in [0.2, 0.25) is 5.91 Å². The second-order valence-corrected chi connectivity index (χ2v) is 8.46. The van der Waals surface area contributed by atoms with E-state index >= 15 is 0 Å². The van der Waals surface area contributed by atoms with E-state index in [2.05, 4.69) is 48.4 Å². The van der Waals surface area contributed by atoms with Crippen LogP contribution in [0.1, 0.15) is 33.3 Å². The molecule has 2 aromatic carbocycles. The average Bonchev–Trinajstić information content (AvgIpc) is 2.68. The minimum Gasteiger partial charge on any atom is -0.368 e. The number of anilines is 3. The average molecular weight is 395 g/mol. The molecule has 0 aliphatic carbocycles. The Hall–Kier alpha value is -3.02. The Kier molecular flexibility index (Phi) is 6.11. The number of nitrogens with one attached hydrogen (secondary N) is 2. The second-order valence-electron chi connectivity index (χ2n) is 8.46. The fourth-order valence-electron chi connectivity index (χ4n) is 3.38. The number of piperazine rings is 1. The molecule has 0 unspecified atom stereocenters. The lowest BCUT2D eigenvalue weighted by atomic mass is 9.87. The summed E-state index contributed by atoms with van der Waals surface area (Å²) in [6.45, 7) is 10.9. The van der Waals surface area contributed by atoms with E-state index in [-0.39, 0.29) is 17.4 Å². The van der Waals surface area contributed by atoms with Gasteiger partial charge in [0.25, 0.3) is 0 Å². The van der Waals surface area contributed by atoms with Crippen LogP contribution < -0.4 is 15.5 Å². The monoisotopic (exact) mass is 394 g/mol. The highest BCUT2D eigenvalue weighted by atomic mass is 16.2. The Morgan fingerprint density at radius 2 is 1.31 bits per heavy atom. The molecule has 1 aliphatic heterocycles. The van der Waals surface area contributed by atoms with Crippen molar-refractivity contribution in [1.82, 2.24) is 4.90 Å². The van der Waals surface area contributed by atoms with Crippen LogP contribution in [0.15, 0.2) is 48.5 Å². The zero-order chi connectivity index (χ0) is 21.0. The van der Waals surface area contributed by atoms with Gasteiger partial charge in [0.15, 0.2) is 0 Å². The predicted molar refractivity (Wildman–Crippen MR) is 119 cm³/mol. The number of amides is 3. The van der Waals surface area contributed by atoms with E-state index in [9.17, 15) is 9.59 Å². The predicted octanol–water partition coefficient (Wildman–Crippen LogP) is 4.30. The molecule has 2 aromatic rings. The van der Waals surface area contributed by atoms with Crippen molar-refractivity contribution in [1.29, 1.82) is 0 Å². The molecule has 1 saturated heterocycles. The molecule has 2 N–H and O–H groups in total. The molecule has 0 spiro atoms. The lowest BCUT2D eigenvalue weighted by molar-refractivity contribution is -0.114. The lowest BCUT2D eigenvalue weighted by Crippen LogP contribution is -2.50. The number of carbonyl (C=O) groups excluding carboxylic acids is 2. The van der Waals surface area contributed by atoms with Crippen LogP contribution in [0.5, 0.6) is 0 Å². The Balaban J connectivity index is 1.52. The molecule has 3 rings (SSSR count). The number of nitrogens with zero attached hydrogens (tertiary/aromatic N) is 2. The van der Waals surface area contributed by atoms with Gasteiger partial charge in [0.1, 0.15) is 0 Å². The summed E-state index contributed by atoms with van der Waals surface area (Å²) >= 11 is 0. The molecular weight excluding hydrogens is 364 g/mol. The molecule has 0 aromatic heterocycles. The Morgan fingerprint density at radius 3 is 1.83 bits per heavy atom. The van der Waals surface area contributed by atoms with Gasteiger partial charge in [0, 0.05) is 50.2 Å². The van der Waals surface area contributed by atoms with Crippen LogP contribution in [0, 0.1) is 0 Å². The Morgan fingerprint density at radius 1 is 0.793 bits per heavy atom. The number of benzene rings is 2. The molecule has 154 valence electrons. The molecule has 0 saturated carbocycles. The zero-order valence-electron chi connectivity index (χ0n) is 17.7. The van der Waals surface area contributed by atoms with Gasteiger partial charge in [-0.15, -0.1) is 0 Å². The molecular formula is C23H30N4O2. The number of urea groups is 1. The van der Waals surface area contributed by atoms with E-state index in [4.69, 9.17) is 0 Å². The van der Waals surface area contributed by atoms with E-state index in [1.54, 1.807) is 0 Å². The first-order valence-corrected chi connectivity index (χ1v) is 10.0. The summed E-state index contributed by atoms with van der Waals surface area (Å²) in [5.41, 5.74) is 4.04.